The number of aromatic amines is 1. The van der Waals surface area contributed by atoms with Crippen LogP contribution < -0.4 is 5.56 Å². The van der Waals surface area contributed by atoms with E-state index >= 15 is 0 Å². The van der Waals surface area contributed by atoms with E-state index in [0.717, 1.165) is 27.4 Å². The molecule has 0 spiro atoms. The lowest BCUT2D eigenvalue weighted by Gasteiger charge is -2.05. The molecule has 1 N–H and O–H groups in total. The first-order valence-electron chi connectivity index (χ1n) is 8.91. The molecule has 0 bridgehead atoms. The second-order valence-electron chi connectivity index (χ2n) is 6.74. The molecule has 0 radical (unpaired) electrons. The fraction of sp³-hybridized carbons (Fsp3) is 0.130. The summed E-state index contributed by atoms with van der Waals surface area (Å²) in [5.74, 6) is 0.0397. The van der Waals surface area contributed by atoms with Crippen LogP contribution in [0.15, 0.2) is 65.6 Å². The quantitative estimate of drug-likeness (QED) is 0.543. The fourth-order valence-corrected chi connectivity index (χ4v) is 3.58. The molecule has 4 rings (SSSR count). The van der Waals surface area contributed by atoms with Crippen molar-refractivity contribution in [3.63, 3.8) is 0 Å². The maximum absolute atomic E-state index is 12.7. The van der Waals surface area contributed by atoms with Gasteiger partial charge < -0.3 is 9.55 Å². The van der Waals surface area contributed by atoms with Crippen LogP contribution in [0.4, 0.5) is 0 Å². The molecular formula is C23H20N2O2. The number of ketones is 1. The Morgan fingerprint density at radius 3 is 2.59 bits per heavy atom. The Morgan fingerprint density at radius 1 is 1.07 bits per heavy atom. The van der Waals surface area contributed by atoms with Gasteiger partial charge in [-0.05, 0) is 24.6 Å². The second-order valence-corrected chi connectivity index (χ2v) is 6.74. The van der Waals surface area contributed by atoms with Crippen molar-refractivity contribution in [3.8, 4) is 0 Å². The molecule has 27 heavy (non-hydrogen) atoms. The summed E-state index contributed by atoms with van der Waals surface area (Å²) in [6.45, 7) is 1.93. The minimum absolute atomic E-state index is 0.0397. The highest BCUT2D eigenvalue weighted by Gasteiger charge is 2.12. The Kier molecular flexibility index (Phi) is 4.24. The van der Waals surface area contributed by atoms with Crippen molar-refractivity contribution in [1.82, 2.24) is 9.55 Å². The lowest BCUT2D eigenvalue weighted by atomic mass is 10.0. The molecular weight excluding hydrogens is 336 g/mol. The number of aromatic nitrogens is 2. The molecule has 0 saturated carbocycles. The first-order valence-corrected chi connectivity index (χ1v) is 8.91. The van der Waals surface area contributed by atoms with Gasteiger partial charge in [0.2, 0.25) is 0 Å². The van der Waals surface area contributed by atoms with E-state index in [9.17, 15) is 9.59 Å². The van der Waals surface area contributed by atoms with Gasteiger partial charge in [0.15, 0.2) is 5.78 Å². The van der Waals surface area contributed by atoms with Crippen molar-refractivity contribution >= 4 is 33.7 Å². The van der Waals surface area contributed by atoms with E-state index < -0.39 is 0 Å². The number of hydrogen-bond acceptors (Lipinski definition) is 2. The Hall–Kier alpha value is -3.40. The highest BCUT2D eigenvalue weighted by atomic mass is 16.1. The number of carbonyl (C=O) groups is 1. The SMILES string of the molecule is Cc1c(/C=C/CC(=O)c2cn(C)c3ccccc23)c(=O)[nH]c2ccccc12. The third-order valence-electron chi connectivity index (χ3n) is 5.01. The average Bonchev–Trinajstić information content (AvgIpc) is 3.01. The lowest BCUT2D eigenvalue weighted by Crippen LogP contribution is -2.11. The summed E-state index contributed by atoms with van der Waals surface area (Å²) in [6, 6.07) is 15.6. The normalized spacial score (nSPS) is 11.6. The number of nitrogens with one attached hydrogen (secondary N) is 1. The molecule has 2 heterocycles. The molecule has 4 heteroatoms. The fourth-order valence-electron chi connectivity index (χ4n) is 3.58. The summed E-state index contributed by atoms with van der Waals surface area (Å²) in [5.41, 5.74) is 3.94. The number of carbonyl (C=O) groups excluding carboxylic acids is 1. The largest absolute Gasteiger partial charge is 0.350 e. The van der Waals surface area contributed by atoms with E-state index in [1.165, 1.54) is 0 Å². The zero-order valence-electron chi connectivity index (χ0n) is 15.3. The number of hydrogen-bond donors (Lipinski definition) is 1. The first kappa shape index (κ1) is 17.0. The number of aryl methyl sites for hydroxylation is 2. The highest BCUT2D eigenvalue weighted by molar-refractivity contribution is 6.08. The van der Waals surface area contributed by atoms with Gasteiger partial charge in [-0.3, -0.25) is 9.59 Å². The summed E-state index contributed by atoms with van der Waals surface area (Å²) in [6.07, 6.45) is 5.65. The number of fused-ring (bicyclic) bond motifs is 2. The van der Waals surface area contributed by atoms with Gasteiger partial charge >= 0.3 is 0 Å². The smallest absolute Gasteiger partial charge is 0.255 e. The summed E-state index contributed by atoms with van der Waals surface area (Å²) < 4.78 is 1.96. The zero-order chi connectivity index (χ0) is 19.0. The van der Waals surface area contributed by atoms with Crippen LogP contribution >= 0.6 is 0 Å². The Labute approximate surface area is 156 Å². The minimum atomic E-state index is -0.139. The van der Waals surface area contributed by atoms with Gasteiger partial charge in [-0.1, -0.05) is 48.6 Å². The van der Waals surface area contributed by atoms with Gasteiger partial charge in [0, 0.05) is 52.6 Å². The van der Waals surface area contributed by atoms with Crippen molar-refractivity contribution in [3.05, 3.63) is 87.8 Å². The molecule has 0 unspecified atom stereocenters. The van der Waals surface area contributed by atoms with Crippen LogP contribution in [-0.2, 0) is 7.05 Å². The Bertz CT molecular complexity index is 1260. The number of allylic oxidation sites excluding steroid dienone is 1. The molecule has 2 aromatic heterocycles. The molecule has 4 nitrogen and oxygen atoms in total. The number of Topliss-reactive ketones (excluding diaryl/α,β-unsaturated/α-hetero) is 1. The summed E-state index contributed by atoms with van der Waals surface area (Å²) in [7, 11) is 1.94. The van der Waals surface area contributed by atoms with Gasteiger partial charge in [-0.15, -0.1) is 0 Å². The summed E-state index contributed by atoms with van der Waals surface area (Å²) in [4.78, 5) is 28.0. The van der Waals surface area contributed by atoms with Gasteiger partial charge in [0.1, 0.15) is 0 Å². The van der Waals surface area contributed by atoms with Crippen molar-refractivity contribution < 1.29 is 4.79 Å². The predicted molar refractivity (Wildman–Crippen MR) is 110 cm³/mol. The van der Waals surface area contributed by atoms with E-state index in [1.54, 1.807) is 12.2 Å². The standard InChI is InChI=1S/C23H20N2O2/c1-15-16-8-3-5-11-20(16)24-23(27)17(15)10-7-13-22(26)19-14-25(2)21-12-6-4-9-18(19)21/h3-12,14H,13H2,1-2H3,(H,24,27)/b10-7+. The third kappa shape index (κ3) is 2.99. The molecule has 0 fully saturated rings. The molecule has 0 aliphatic rings. The van der Waals surface area contributed by atoms with Crippen molar-refractivity contribution in [2.24, 2.45) is 7.05 Å². The number of nitrogens with zero attached hydrogens (tertiary/aromatic N) is 1. The molecule has 2 aromatic carbocycles. The van der Waals surface area contributed by atoms with Crippen LogP contribution in [0, 0.1) is 6.92 Å². The van der Waals surface area contributed by atoms with E-state index in [1.807, 2.05) is 73.3 Å². The molecule has 0 aliphatic heterocycles. The molecule has 134 valence electrons. The van der Waals surface area contributed by atoms with Crippen LogP contribution in [0.3, 0.4) is 0 Å². The summed E-state index contributed by atoms with van der Waals surface area (Å²) in [5, 5.41) is 1.97. The van der Waals surface area contributed by atoms with Crippen molar-refractivity contribution in [2.45, 2.75) is 13.3 Å². The Balaban J connectivity index is 1.63. The lowest BCUT2D eigenvalue weighted by molar-refractivity contribution is 0.0997. The van der Waals surface area contributed by atoms with E-state index in [4.69, 9.17) is 0 Å². The van der Waals surface area contributed by atoms with E-state index in [2.05, 4.69) is 4.98 Å². The van der Waals surface area contributed by atoms with Crippen LogP contribution in [-0.4, -0.2) is 15.3 Å². The number of benzene rings is 2. The topological polar surface area (TPSA) is 54.9 Å². The van der Waals surface area contributed by atoms with Gasteiger partial charge in [0.25, 0.3) is 5.56 Å². The van der Waals surface area contributed by atoms with E-state index in [0.29, 0.717) is 11.1 Å². The molecule has 4 aromatic rings. The summed E-state index contributed by atoms with van der Waals surface area (Å²) >= 11 is 0. The Morgan fingerprint density at radius 2 is 1.78 bits per heavy atom. The molecule has 0 saturated heterocycles. The van der Waals surface area contributed by atoms with Crippen LogP contribution in [0.25, 0.3) is 27.9 Å². The van der Waals surface area contributed by atoms with Gasteiger partial charge in [-0.25, -0.2) is 0 Å². The zero-order valence-corrected chi connectivity index (χ0v) is 15.3. The van der Waals surface area contributed by atoms with Crippen LogP contribution in [0.5, 0.6) is 0 Å². The average molecular weight is 356 g/mol. The number of para-hydroxylation sites is 2. The molecule has 0 aliphatic carbocycles. The number of pyridine rings is 1. The maximum atomic E-state index is 12.7. The highest BCUT2D eigenvalue weighted by Crippen LogP contribution is 2.22. The number of rotatable bonds is 4. The monoisotopic (exact) mass is 356 g/mol. The molecule has 0 atom stereocenters. The van der Waals surface area contributed by atoms with Crippen LogP contribution in [0.2, 0.25) is 0 Å². The third-order valence-corrected chi connectivity index (χ3v) is 5.01. The van der Waals surface area contributed by atoms with Crippen LogP contribution in [0.1, 0.15) is 27.9 Å². The van der Waals surface area contributed by atoms with Gasteiger partial charge in [0.05, 0.1) is 0 Å². The van der Waals surface area contributed by atoms with Crippen molar-refractivity contribution in [1.29, 1.82) is 0 Å². The van der Waals surface area contributed by atoms with Crippen molar-refractivity contribution in [2.75, 3.05) is 0 Å². The van der Waals surface area contributed by atoms with Gasteiger partial charge in [-0.2, -0.15) is 0 Å². The predicted octanol–water partition coefficient (Wildman–Crippen LogP) is 4.61. The first-order chi connectivity index (χ1) is 13.1. The maximum Gasteiger partial charge on any atom is 0.255 e. The minimum Gasteiger partial charge on any atom is -0.350 e. The second kappa shape index (κ2) is 6.72. The number of H-pyrrole nitrogens is 1. The van der Waals surface area contributed by atoms with E-state index in [-0.39, 0.29) is 17.8 Å². The molecule has 0 amide bonds.